The van der Waals surface area contributed by atoms with Crippen LogP contribution in [0.1, 0.15) is 31.7 Å². The predicted octanol–water partition coefficient (Wildman–Crippen LogP) is 3.05. The zero-order valence-corrected chi connectivity index (χ0v) is 13.1. The molecule has 1 aliphatic carbocycles. The molecule has 1 fully saturated rings. The molecule has 0 saturated heterocycles. The molecule has 0 spiro atoms. The van der Waals surface area contributed by atoms with E-state index >= 15 is 0 Å². The average molecular weight is 341 g/mol. The first kappa shape index (κ1) is 15.0. The second kappa shape index (κ2) is 5.95. The molecule has 5 heteroatoms. The van der Waals surface area contributed by atoms with Gasteiger partial charge in [0.25, 0.3) is 0 Å². The van der Waals surface area contributed by atoms with Crippen molar-refractivity contribution in [3.8, 4) is 0 Å². The molecular formula is C15H17BrO4. The Morgan fingerprint density at radius 2 is 1.65 bits per heavy atom. The minimum atomic E-state index is -1.15. The summed E-state index contributed by atoms with van der Waals surface area (Å²) in [6, 6.07) is 7.62. The van der Waals surface area contributed by atoms with Crippen molar-refractivity contribution in [2.24, 2.45) is 5.41 Å². The molecular weight excluding hydrogens is 324 g/mol. The number of benzene rings is 1. The molecule has 0 radical (unpaired) electrons. The van der Waals surface area contributed by atoms with E-state index in [0.29, 0.717) is 6.42 Å². The van der Waals surface area contributed by atoms with Gasteiger partial charge in [-0.1, -0.05) is 28.1 Å². The molecule has 0 heterocycles. The number of hydrogen-bond donors (Lipinski definition) is 0. The molecule has 1 aromatic carbocycles. The van der Waals surface area contributed by atoms with Gasteiger partial charge in [-0.25, -0.2) is 0 Å². The second-order valence-corrected chi connectivity index (χ2v) is 5.64. The molecule has 1 aromatic rings. The molecule has 0 amide bonds. The van der Waals surface area contributed by atoms with Crippen LogP contribution >= 0.6 is 15.9 Å². The van der Waals surface area contributed by atoms with Crippen LogP contribution in [0.2, 0.25) is 0 Å². The maximum Gasteiger partial charge on any atom is 0.324 e. The van der Waals surface area contributed by atoms with Gasteiger partial charge in [0, 0.05) is 10.4 Å². The molecule has 4 nitrogen and oxygen atoms in total. The predicted molar refractivity (Wildman–Crippen MR) is 77.2 cm³/mol. The molecule has 0 N–H and O–H groups in total. The number of rotatable bonds is 5. The fourth-order valence-corrected chi connectivity index (χ4v) is 2.68. The van der Waals surface area contributed by atoms with E-state index in [-0.39, 0.29) is 19.1 Å². The summed E-state index contributed by atoms with van der Waals surface area (Å²) in [5.41, 5.74) is -0.200. The van der Waals surface area contributed by atoms with Crippen molar-refractivity contribution in [3.63, 3.8) is 0 Å². The largest absolute Gasteiger partial charge is 0.465 e. The molecule has 1 atom stereocenters. The van der Waals surface area contributed by atoms with Gasteiger partial charge in [-0.05, 0) is 38.0 Å². The first-order valence-electron chi connectivity index (χ1n) is 6.66. The second-order valence-electron chi connectivity index (χ2n) is 4.72. The third-order valence-electron chi connectivity index (χ3n) is 3.51. The standard InChI is InChI=1S/C15H17BrO4/c1-3-19-13(17)15(14(18)20-4-2)9-12(15)10-5-7-11(16)8-6-10/h5-8,12H,3-4,9H2,1-2H3. The van der Waals surface area contributed by atoms with E-state index in [9.17, 15) is 9.59 Å². The highest BCUT2D eigenvalue weighted by atomic mass is 79.9. The van der Waals surface area contributed by atoms with Gasteiger partial charge in [-0.15, -0.1) is 0 Å². The average Bonchev–Trinajstić information content (AvgIpc) is 3.17. The minimum absolute atomic E-state index is 0.159. The van der Waals surface area contributed by atoms with Gasteiger partial charge in [-0.2, -0.15) is 0 Å². The molecule has 108 valence electrons. The molecule has 1 aliphatic rings. The Balaban J connectivity index is 2.25. The van der Waals surface area contributed by atoms with Crippen molar-refractivity contribution < 1.29 is 19.1 Å². The van der Waals surface area contributed by atoms with Crippen LogP contribution in [0.4, 0.5) is 0 Å². The van der Waals surface area contributed by atoms with Crippen LogP contribution in [0.5, 0.6) is 0 Å². The maximum atomic E-state index is 12.2. The van der Waals surface area contributed by atoms with E-state index in [1.54, 1.807) is 13.8 Å². The van der Waals surface area contributed by atoms with Crippen molar-refractivity contribution in [2.45, 2.75) is 26.2 Å². The lowest BCUT2D eigenvalue weighted by atomic mass is 9.99. The van der Waals surface area contributed by atoms with E-state index < -0.39 is 17.4 Å². The van der Waals surface area contributed by atoms with Crippen LogP contribution in [0.25, 0.3) is 0 Å². The lowest BCUT2D eigenvalue weighted by molar-refractivity contribution is -0.164. The quantitative estimate of drug-likeness (QED) is 0.610. The Labute approximate surface area is 126 Å². The monoisotopic (exact) mass is 340 g/mol. The van der Waals surface area contributed by atoms with Gasteiger partial charge in [0.05, 0.1) is 13.2 Å². The molecule has 0 aliphatic heterocycles. The normalized spacial score (nSPS) is 19.2. The summed E-state index contributed by atoms with van der Waals surface area (Å²) >= 11 is 3.37. The van der Waals surface area contributed by atoms with E-state index in [1.165, 1.54) is 0 Å². The molecule has 0 aromatic heterocycles. The maximum absolute atomic E-state index is 12.2. The number of ether oxygens (including phenoxy) is 2. The Morgan fingerprint density at radius 1 is 1.15 bits per heavy atom. The fourth-order valence-electron chi connectivity index (χ4n) is 2.41. The van der Waals surface area contributed by atoms with Gasteiger partial charge in [-0.3, -0.25) is 9.59 Å². The van der Waals surface area contributed by atoms with Crippen molar-refractivity contribution in [3.05, 3.63) is 34.3 Å². The summed E-state index contributed by atoms with van der Waals surface area (Å²) in [6.07, 6.45) is 0.451. The molecule has 1 saturated carbocycles. The van der Waals surface area contributed by atoms with E-state index in [1.807, 2.05) is 24.3 Å². The highest BCUT2D eigenvalue weighted by Crippen LogP contribution is 2.60. The van der Waals surface area contributed by atoms with E-state index in [4.69, 9.17) is 9.47 Å². The number of carbonyl (C=O) groups is 2. The number of carbonyl (C=O) groups excluding carboxylic acids is 2. The zero-order valence-electron chi connectivity index (χ0n) is 11.5. The van der Waals surface area contributed by atoms with Crippen LogP contribution in [-0.4, -0.2) is 25.2 Å². The highest BCUT2D eigenvalue weighted by Gasteiger charge is 2.68. The summed E-state index contributed by atoms with van der Waals surface area (Å²) in [7, 11) is 0. The molecule has 2 rings (SSSR count). The van der Waals surface area contributed by atoms with Crippen LogP contribution in [0, 0.1) is 5.41 Å². The lowest BCUT2D eigenvalue weighted by Crippen LogP contribution is -2.31. The Kier molecular flexibility index (Phi) is 4.48. The smallest absolute Gasteiger partial charge is 0.324 e. The van der Waals surface area contributed by atoms with Crippen LogP contribution in [-0.2, 0) is 19.1 Å². The number of hydrogen-bond acceptors (Lipinski definition) is 4. The summed E-state index contributed by atoms with van der Waals surface area (Å²) in [5, 5.41) is 0. The third kappa shape index (κ3) is 2.59. The van der Waals surface area contributed by atoms with E-state index in [0.717, 1.165) is 10.0 Å². The van der Waals surface area contributed by atoms with Crippen LogP contribution in [0.3, 0.4) is 0 Å². The summed E-state index contributed by atoms with van der Waals surface area (Å²) < 4.78 is 11.1. The van der Waals surface area contributed by atoms with Crippen molar-refractivity contribution in [1.82, 2.24) is 0 Å². The van der Waals surface area contributed by atoms with Crippen LogP contribution in [0.15, 0.2) is 28.7 Å². The van der Waals surface area contributed by atoms with E-state index in [2.05, 4.69) is 15.9 Å². The van der Waals surface area contributed by atoms with Gasteiger partial charge in [0.1, 0.15) is 0 Å². The molecule has 1 unspecified atom stereocenters. The topological polar surface area (TPSA) is 52.6 Å². The Morgan fingerprint density at radius 3 is 2.10 bits per heavy atom. The van der Waals surface area contributed by atoms with Gasteiger partial charge in [0.15, 0.2) is 5.41 Å². The fraction of sp³-hybridized carbons (Fsp3) is 0.467. The van der Waals surface area contributed by atoms with Gasteiger partial charge >= 0.3 is 11.9 Å². The van der Waals surface area contributed by atoms with Gasteiger partial charge < -0.3 is 9.47 Å². The first-order chi connectivity index (χ1) is 9.56. The summed E-state index contributed by atoms with van der Waals surface area (Å²) in [5.74, 6) is -1.12. The minimum Gasteiger partial charge on any atom is -0.465 e. The van der Waals surface area contributed by atoms with Crippen molar-refractivity contribution >= 4 is 27.9 Å². The van der Waals surface area contributed by atoms with Crippen molar-refractivity contribution in [1.29, 1.82) is 0 Å². The Hall–Kier alpha value is -1.36. The first-order valence-corrected chi connectivity index (χ1v) is 7.45. The van der Waals surface area contributed by atoms with Crippen LogP contribution < -0.4 is 0 Å². The van der Waals surface area contributed by atoms with Gasteiger partial charge in [0.2, 0.25) is 0 Å². The Bertz CT molecular complexity index is 491. The summed E-state index contributed by atoms with van der Waals surface area (Å²) in [4.78, 5) is 24.3. The number of halogens is 1. The highest BCUT2D eigenvalue weighted by molar-refractivity contribution is 9.10. The van der Waals surface area contributed by atoms with Crippen molar-refractivity contribution in [2.75, 3.05) is 13.2 Å². The SMILES string of the molecule is CCOC(=O)C1(C(=O)OCC)CC1c1ccc(Br)cc1. The molecule has 20 heavy (non-hydrogen) atoms. The summed E-state index contributed by atoms with van der Waals surface area (Å²) in [6.45, 7) is 3.97. The number of esters is 2. The zero-order chi connectivity index (χ0) is 14.8. The third-order valence-corrected chi connectivity index (χ3v) is 4.04. The molecule has 0 bridgehead atoms. The lowest BCUT2D eigenvalue weighted by Gasteiger charge is -2.14.